The van der Waals surface area contributed by atoms with Crippen molar-refractivity contribution in [1.29, 1.82) is 0 Å². The van der Waals surface area contributed by atoms with E-state index in [1.54, 1.807) is 42.5 Å². The Labute approximate surface area is 136 Å². The lowest BCUT2D eigenvalue weighted by Gasteiger charge is -2.08. The van der Waals surface area contributed by atoms with E-state index in [9.17, 15) is 13.2 Å². The van der Waals surface area contributed by atoms with Gasteiger partial charge in [0.05, 0.1) is 10.4 Å². The third kappa shape index (κ3) is 2.38. The molecule has 6 heteroatoms. The molecule has 0 saturated carbocycles. The van der Waals surface area contributed by atoms with Gasteiger partial charge in [-0.05, 0) is 31.2 Å². The van der Waals surface area contributed by atoms with Gasteiger partial charge in [0.1, 0.15) is 0 Å². The standard InChI is InChI=1S/C16H12BrNO3S/c1-11-2-5-14(6-3-11)22(20,21)18-9-12(10-19)15-7-4-13(17)8-16(15)18/h2-10H,1H3. The number of benzene rings is 2. The Morgan fingerprint density at radius 3 is 2.41 bits per heavy atom. The van der Waals surface area contributed by atoms with Crippen molar-refractivity contribution in [2.24, 2.45) is 0 Å². The van der Waals surface area contributed by atoms with E-state index in [2.05, 4.69) is 15.9 Å². The molecule has 0 aliphatic rings. The van der Waals surface area contributed by atoms with Crippen molar-refractivity contribution in [3.8, 4) is 0 Å². The molecule has 0 aliphatic heterocycles. The fraction of sp³-hybridized carbons (Fsp3) is 0.0625. The number of hydrogen-bond acceptors (Lipinski definition) is 3. The number of aromatic nitrogens is 1. The molecule has 2 aromatic carbocycles. The Hall–Kier alpha value is -1.92. The van der Waals surface area contributed by atoms with Gasteiger partial charge in [-0.3, -0.25) is 4.79 Å². The van der Waals surface area contributed by atoms with Crippen molar-refractivity contribution in [2.75, 3.05) is 0 Å². The number of halogens is 1. The maximum atomic E-state index is 12.8. The van der Waals surface area contributed by atoms with E-state index in [1.807, 2.05) is 6.92 Å². The van der Waals surface area contributed by atoms with Crippen LogP contribution in [0.5, 0.6) is 0 Å². The van der Waals surface area contributed by atoms with Crippen molar-refractivity contribution in [1.82, 2.24) is 3.97 Å². The lowest BCUT2D eigenvalue weighted by atomic mass is 10.2. The van der Waals surface area contributed by atoms with Gasteiger partial charge in [0.15, 0.2) is 6.29 Å². The summed E-state index contributed by atoms with van der Waals surface area (Å²) in [6.45, 7) is 1.89. The molecule has 0 amide bonds. The summed E-state index contributed by atoms with van der Waals surface area (Å²) in [6, 6.07) is 11.8. The van der Waals surface area contributed by atoms with E-state index < -0.39 is 10.0 Å². The number of carbonyl (C=O) groups is 1. The van der Waals surface area contributed by atoms with E-state index in [0.29, 0.717) is 22.8 Å². The molecule has 1 aromatic heterocycles. The second-order valence-corrected chi connectivity index (χ2v) is 7.71. The molecule has 4 nitrogen and oxygen atoms in total. The van der Waals surface area contributed by atoms with Crippen LogP contribution in [0, 0.1) is 6.92 Å². The maximum absolute atomic E-state index is 12.8. The Morgan fingerprint density at radius 2 is 1.77 bits per heavy atom. The van der Waals surface area contributed by atoms with Crippen molar-refractivity contribution >= 4 is 43.1 Å². The molecule has 3 rings (SSSR count). The SMILES string of the molecule is Cc1ccc(S(=O)(=O)n2cc(C=O)c3ccc(Br)cc32)cc1. The lowest BCUT2D eigenvalue weighted by Crippen LogP contribution is -2.11. The van der Waals surface area contributed by atoms with Gasteiger partial charge in [-0.1, -0.05) is 39.7 Å². The van der Waals surface area contributed by atoms with E-state index in [1.165, 1.54) is 6.20 Å². The predicted molar refractivity (Wildman–Crippen MR) is 88.8 cm³/mol. The highest BCUT2D eigenvalue weighted by Gasteiger charge is 2.21. The highest BCUT2D eigenvalue weighted by atomic mass is 79.9. The van der Waals surface area contributed by atoms with Crippen LogP contribution in [0.4, 0.5) is 0 Å². The molecular formula is C16H12BrNO3S. The highest BCUT2D eigenvalue weighted by Crippen LogP contribution is 2.27. The zero-order chi connectivity index (χ0) is 15.9. The van der Waals surface area contributed by atoms with Gasteiger partial charge < -0.3 is 0 Å². The van der Waals surface area contributed by atoms with Crippen LogP contribution in [0.15, 0.2) is 58.0 Å². The van der Waals surface area contributed by atoms with Crippen molar-refractivity contribution < 1.29 is 13.2 Å². The van der Waals surface area contributed by atoms with Crippen LogP contribution in [-0.4, -0.2) is 18.7 Å². The molecule has 3 aromatic rings. The minimum Gasteiger partial charge on any atom is -0.298 e. The second-order valence-electron chi connectivity index (χ2n) is 4.98. The summed E-state index contributed by atoms with van der Waals surface area (Å²) < 4.78 is 27.6. The van der Waals surface area contributed by atoms with Crippen molar-refractivity contribution in [2.45, 2.75) is 11.8 Å². The van der Waals surface area contributed by atoms with Crippen molar-refractivity contribution in [3.05, 3.63) is 64.3 Å². The third-order valence-corrected chi connectivity index (χ3v) is 5.65. The number of fused-ring (bicyclic) bond motifs is 1. The highest BCUT2D eigenvalue weighted by molar-refractivity contribution is 9.10. The van der Waals surface area contributed by atoms with E-state index >= 15 is 0 Å². The average Bonchev–Trinajstić information content (AvgIpc) is 2.86. The fourth-order valence-electron chi connectivity index (χ4n) is 2.31. The molecular weight excluding hydrogens is 366 g/mol. The lowest BCUT2D eigenvalue weighted by molar-refractivity contribution is 0.112. The predicted octanol–water partition coefficient (Wildman–Crippen LogP) is 3.76. The smallest absolute Gasteiger partial charge is 0.268 e. The summed E-state index contributed by atoms with van der Waals surface area (Å²) in [7, 11) is -3.75. The zero-order valence-electron chi connectivity index (χ0n) is 11.7. The summed E-state index contributed by atoms with van der Waals surface area (Å²) >= 11 is 3.33. The molecule has 112 valence electrons. The third-order valence-electron chi connectivity index (χ3n) is 3.47. The summed E-state index contributed by atoms with van der Waals surface area (Å²) in [4.78, 5) is 11.4. The number of hydrogen-bond donors (Lipinski definition) is 0. The van der Waals surface area contributed by atoms with Crippen LogP contribution >= 0.6 is 15.9 Å². The van der Waals surface area contributed by atoms with Crippen LogP contribution in [0.3, 0.4) is 0 Å². The van der Waals surface area contributed by atoms with Crippen LogP contribution in [-0.2, 0) is 10.0 Å². The van der Waals surface area contributed by atoms with Gasteiger partial charge in [0, 0.05) is 21.6 Å². The molecule has 0 saturated heterocycles. The number of carbonyl (C=O) groups excluding carboxylic acids is 1. The van der Waals surface area contributed by atoms with E-state index in [-0.39, 0.29) is 4.90 Å². The second kappa shape index (κ2) is 5.37. The molecule has 1 heterocycles. The minimum absolute atomic E-state index is 0.187. The zero-order valence-corrected chi connectivity index (χ0v) is 14.1. The van der Waals surface area contributed by atoms with Gasteiger partial charge in [0.25, 0.3) is 10.0 Å². The molecule has 0 fully saturated rings. The largest absolute Gasteiger partial charge is 0.298 e. The van der Waals surface area contributed by atoms with E-state index in [4.69, 9.17) is 0 Å². The molecule has 0 bridgehead atoms. The first-order valence-corrected chi connectivity index (χ1v) is 8.75. The Kier molecular flexibility index (Phi) is 3.66. The Balaban J connectivity index is 2.31. The Morgan fingerprint density at radius 1 is 1.09 bits per heavy atom. The molecule has 0 aliphatic carbocycles. The fourth-order valence-corrected chi connectivity index (χ4v) is 4.03. The molecule has 0 N–H and O–H groups in total. The number of rotatable bonds is 3. The van der Waals surface area contributed by atoms with Crippen LogP contribution in [0.25, 0.3) is 10.9 Å². The summed E-state index contributed by atoms with van der Waals surface area (Å²) in [5, 5.41) is 0.605. The van der Waals surface area contributed by atoms with Gasteiger partial charge in [-0.2, -0.15) is 0 Å². The first-order valence-electron chi connectivity index (χ1n) is 6.51. The number of aryl methyl sites for hydroxylation is 1. The quantitative estimate of drug-likeness (QED) is 0.652. The van der Waals surface area contributed by atoms with Gasteiger partial charge >= 0.3 is 0 Å². The van der Waals surface area contributed by atoms with Crippen LogP contribution in [0.1, 0.15) is 15.9 Å². The average molecular weight is 378 g/mol. The summed E-state index contributed by atoms with van der Waals surface area (Å²) in [5.41, 5.74) is 1.79. The topological polar surface area (TPSA) is 56.1 Å². The minimum atomic E-state index is -3.75. The normalized spacial score (nSPS) is 11.7. The first-order chi connectivity index (χ1) is 10.4. The summed E-state index contributed by atoms with van der Waals surface area (Å²) in [5.74, 6) is 0. The molecule has 22 heavy (non-hydrogen) atoms. The monoisotopic (exact) mass is 377 g/mol. The molecule has 0 atom stereocenters. The molecule has 0 spiro atoms. The van der Waals surface area contributed by atoms with Crippen LogP contribution in [0.2, 0.25) is 0 Å². The first kappa shape index (κ1) is 15.0. The Bertz CT molecular complexity index is 973. The van der Waals surface area contributed by atoms with Crippen molar-refractivity contribution in [3.63, 3.8) is 0 Å². The number of aldehydes is 1. The molecule has 0 radical (unpaired) electrons. The van der Waals surface area contributed by atoms with E-state index in [0.717, 1.165) is 14.0 Å². The van der Waals surface area contributed by atoms with Gasteiger partial charge in [-0.25, -0.2) is 12.4 Å². The maximum Gasteiger partial charge on any atom is 0.268 e. The molecule has 0 unspecified atom stereocenters. The number of nitrogens with zero attached hydrogens (tertiary/aromatic N) is 1. The van der Waals surface area contributed by atoms with Gasteiger partial charge in [0.2, 0.25) is 0 Å². The van der Waals surface area contributed by atoms with Gasteiger partial charge in [-0.15, -0.1) is 0 Å². The van der Waals surface area contributed by atoms with Crippen LogP contribution < -0.4 is 0 Å². The summed E-state index contributed by atoms with van der Waals surface area (Å²) in [6.07, 6.45) is 2.02.